The van der Waals surface area contributed by atoms with E-state index in [1.165, 1.54) is 6.07 Å². The summed E-state index contributed by atoms with van der Waals surface area (Å²) in [6, 6.07) is 9.90. The molecular formula is C13H8FN. The summed E-state index contributed by atoms with van der Waals surface area (Å²) >= 11 is 0. The average molecular weight is 197 g/mol. The monoisotopic (exact) mass is 197 g/mol. The van der Waals surface area contributed by atoms with Gasteiger partial charge in [-0.05, 0) is 24.3 Å². The van der Waals surface area contributed by atoms with Gasteiger partial charge in [-0.15, -0.1) is 6.42 Å². The Morgan fingerprint density at radius 1 is 1.20 bits per heavy atom. The lowest BCUT2D eigenvalue weighted by Crippen LogP contribution is -1.88. The van der Waals surface area contributed by atoms with Crippen LogP contribution in [-0.4, -0.2) is 4.98 Å². The van der Waals surface area contributed by atoms with Crippen LogP contribution in [0.25, 0.3) is 11.3 Å². The molecule has 0 atom stereocenters. The molecule has 1 aromatic heterocycles. The van der Waals surface area contributed by atoms with Gasteiger partial charge in [-0.1, -0.05) is 18.1 Å². The summed E-state index contributed by atoms with van der Waals surface area (Å²) in [5.74, 6) is 2.20. The summed E-state index contributed by atoms with van der Waals surface area (Å²) in [4.78, 5) is 4.08. The van der Waals surface area contributed by atoms with Crippen LogP contribution in [0.4, 0.5) is 4.39 Å². The maximum Gasteiger partial charge on any atom is 0.132 e. The van der Waals surface area contributed by atoms with Gasteiger partial charge in [0.2, 0.25) is 0 Å². The predicted octanol–water partition coefficient (Wildman–Crippen LogP) is 2.87. The fraction of sp³-hybridized carbons (Fsp3) is 0. The summed E-state index contributed by atoms with van der Waals surface area (Å²) < 4.78 is 13.4. The van der Waals surface area contributed by atoms with Crippen molar-refractivity contribution in [1.82, 2.24) is 4.98 Å². The van der Waals surface area contributed by atoms with Gasteiger partial charge in [0, 0.05) is 17.3 Å². The molecule has 2 aromatic rings. The van der Waals surface area contributed by atoms with Gasteiger partial charge in [0.25, 0.3) is 0 Å². The van der Waals surface area contributed by atoms with Crippen LogP contribution in [0.2, 0.25) is 0 Å². The van der Waals surface area contributed by atoms with E-state index >= 15 is 0 Å². The first-order valence-corrected chi connectivity index (χ1v) is 4.49. The van der Waals surface area contributed by atoms with E-state index in [0.717, 1.165) is 0 Å². The van der Waals surface area contributed by atoms with Crippen LogP contribution in [0.5, 0.6) is 0 Å². The highest BCUT2D eigenvalue weighted by molar-refractivity contribution is 5.61. The van der Waals surface area contributed by atoms with E-state index in [4.69, 9.17) is 6.42 Å². The van der Waals surface area contributed by atoms with Crippen molar-refractivity contribution in [2.45, 2.75) is 0 Å². The van der Waals surface area contributed by atoms with Gasteiger partial charge in [0.15, 0.2) is 0 Å². The van der Waals surface area contributed by atoms with Gasteiger partial charge in [0.1, 0.15) is 5.82 Å². The number of nitrogens with zero attached hydrogens (tertiary/aromatic N) is 1. The lowest BCUT2D eigenvalue weighted by molar-refractivity contribution is 0.630. The predicted molar refractivity (Wildman–Crippen MR) is 57.6 cm³/mol. The number of aromatic nitrogens is 1. The van der Waals surface area contributed by atoms with E-state index in [1.54, 1.807) is 36.5 Å². The van der Waals surface area contributed by atoms with Crippen LogP contribution in [0.1, 0.15) is 5.56 Å². The molecule has 72 valence electrons. The molecule has 1 nitrogen and oxygen atoms in total. The van der Waals surface area contributed by atoms with E-state index in [1.807, 2.05) is 0 Å². The third kappa shape index (κ3) is 1.87. The molecular weight excluding hydrogens is 189 g/mol. The molecule has 0 radical (unpaired) electrons. The van der Waals surface area contributed by atoms with Crippen LogP contribution in [-0.2, 0) is 0 Å². The first-order chi connectivity index (χ1) is 7.31. The van der Waals surface area contributed by atoms with E-state index in [2.05, 4.69) is 10.9 Å². The molecule has 0 fully saturated rings. The minimum atomic E-state index is -0.292. The molecule has 0 spiro atoms. The highest BCUT2D eigenvalue weighted by Gasteiger charge is 2.04. The largest absolute Gasteiger partial charge is 0.256 e. The zero-order valence-corrected chi connectivity index (χ0v) is 7.94. The van der Waals surface area contributed by atoms with Crippen molar-refractivity contribution in [3.63, 3.8) is 0 Å². The van der Waals surface area contributed by atoms with Gasteiger partial charge >= 0.3 is 0 Å². The average Bonchev–Trinajstić information content (AvgIpc) is 2.30. The fourth-order valence-electron chi connectivity index (χ4n) is 1.34. The number of terminal acetylenes is 1. The minimum Gasteiger partial charge on any atom is -0.256 e. The molecule has 2 rings (SSSR count). The smallest absolute Gasteiger partial charge is 0.132 e. The Kier molecular flexibility index (Phi) is 2.47. The Morgan fingerprint density at radius 2 is 2.00 bits per heavy atom. The molecule has 15 heavy (non-hydrogen) atoms. The first-order valence-electron chi connectivity index (χ1n) is 4.49. The molecule has 0 aliphatic carbocycles. The van der Waals surface area contributed by atoms with Crippen molar-refractivity contribution < 1.29 is 4.39 Å². The molecule has 1 aromatic carbocycles. The van der Waals surface area contributed by atoms with Gasteiger partial charge in [-0.25, -0.2) is 4.39 Å². The second kappa shape index (κ2) is 3.93. The number of rotatable bonds is 1. The van der Waals surface area contributed by atoms with Crippen molar-refractivity contribution >= 4 is 0 Å². The molecule has 0 saturated carbocycles. The Morgan fingerprint density at radius 3 is 2.73 bits per heavy atom. The molecule has 0 unspecified atom stereocenters. The van der Waals surface area contributed by atoms with Gasteiger partial charge in [-0.3, -0.25) is 4.98 Å². The maximum absolute atomic E-state index is 13.4. The third-order valence-electron chi connectivity index (χ3n) is 2.08. The van der Waals surface area contributed by atoms with Crippen LogP contribution < -0.4 is 0 Å². The first kappa shape index (κ1) is 9.42. The zero-order valence-electron chi connectivity index (χ0n) is 7.94. The normalized spacial score (nSPS) is 9.60. The van der Waals surface area contributed by atoms with Crippen molar-refractivity contribution in [2.75, 3.05) is 0 Å². The Hall–Kier alpha value is -2.14. The molecule has 0 saturated heterocycles. The lowest BCUT2D eigenvalue weighted by atomic mass is 10.1. The minimum absolute atomic E-state index is 0.292. The van der Waals surface area contributed by atoms with E-state index in [9.17, 15) is 4.39 Å². The number of benzene rings is 1. The van der Waals surface area contributed by atoms with Crippen molar-refractivity contribution in [1.29, 1.82) is 0 Å². The summed E-state index contributed by atoms with van der Waals surface area (Å²) in [6.07, 6.45) is 6.84. The Labute approximate surface area is 87.6 Å². The quantitative estimate of drug-likeness (QED) is 0.640. The van der Waals surface area contributed by atoms with Gasteiger partial charge < -0.3 is 0 Å². The zero-order chi connectivity index (χ0) is 10.7. The molecule has 0 aliphatic rings. The third-order valence-corrected chi connectivity index (χ3v) is 2.08. The highest BCUT2D eigenvalue weighted by Crippen LogP contribution is 2.20. The number of hydrogen-bond donors (Lipinski definition) is 0. The van der Waals surface area contributed by atoms with Crippen LogP contribution in [0.3, 0.4) is 0 Å². The molecule has 0 N–H and O–H groups in total. The molecule has 1 heterocycles. The van der Waals surface area contributed by atoms with Gasteiger partial charge in [-0.2, -0.15) is 0 Å². The SMILES string of the molecule is C#Cc1ccnc(-c2ccccc2F)c1. The number of halogens is 1. The number of pyridine rings is 1. The van der Waals surface area contributed by atoms with Crippen LogP contribution in [0, 0.1) is 18.2 Å². The fourth-order valence-corrected chi connectivity index (χ4v) is 1.34. The Bertz CT molecular complexity index is 526. The van der Waals surface area contributed by atoms with Crippen molar-refractivity contribution in [3.8, 4) is 23.6 Å². The topological polar surface area (TPSA) is 12.9 Å². The summed E-state index contributed by atoms with van der Waals surface area (Å²) in [6.45, 7) is 0. The molecule has 2 heteroatoms. The second-order valence-electron chi connectivity index (χ2n) is 3.05. The molecule has 0 amide bonds. The second-order valence-corrected chi connectivity index (χ2v) is 3.05. The number of hydrogen-bond acceptors (Lipinski definition) is 1. The lowest BCUT2D eigenvalue weighted by Gasteiger charge is -2.02. The van der Waals surface area contributed by atoms with Crippen LogP contribution >= 0.6 is 0 Å². The van der Waals surface area contributed by atoms with Gasteiger partial charge in [0.05, 0.1) is 5.69 Å². The summed E-state index contributed by atoms with van der Waals surface area (Å²) in [5.41, 5.74) is 1.72. The maximum atomic E-state index is 13.4. The standard InChI is InChI=1S/C13H8FN/c1-2-10-7-8-15-13(9-10)11-5-3-4-6-12(11)14/h1,3-9H. The van der Waals surface area contributed by atoms with E-state index < -0.39 is 0 Å². The van der Waals surface area contributed by atoms with E-state index in [0.29, 0.717) is 16.8 Å². The molecule has 0 bridgehead atoms. The summed E-state index contributed by atoms with van der Waals surface area (Å²) in [5, 5.41) is 0. The van der Waals surface area contributed by atoms with Crippen molar-refractivity contribution in [3.05, 3.63) is 54.0 Å². The molecule has 0 aliphatic heterocycles. The Balaban J connectivity index is 2.55. The highest BCUT2D eigenvalue weighted by atomic mass is 19.1. The van der Waals surface area contributed by atoms with E-state index in [-0.39, 0.29) is 5.82 Å². The van der Waals surface area contributed by atoms with Crippen LogP contribution in [0.15, 0.2) is 42.6 Å². The van der Waals surface area contributed by atoms with Crippen molar-refractivity contribution in [2.24, 2.45) is 0 Å². The summed E-state index contributed by atoms with van der Waals surface area (Å²) in [7, 11) is 0.